The van der Waals surface area contributed by atoms with E-state index in [1.54, 1.807) is 36.4 Å². The second-order valence-corrected chi connectivity index (χ2v) is 7.70. The minimum absolute atomic E-state index is 0.150. The van der Waals surface area contributed by atoms with Crippen molar-refractivity contribution in [2.45, 2.75) is 23.9 Å². The van der Waals surface area contributed by atoms with Gasteiger partial charge < -0.3 is 4.74 Å². The topological polar surface area (TPSA) is 63.7 Å². The lowest BCUT2D eigenvalue weighted by Crippen LogP contribution is -2.42. The summed E-state index contributed by atoms with van der Waals surface area (Å²) >= 11 is 0. The molecule has 0 radical (unpaired) electrons. The van der Waals surface area contributed by atoms with Gasteiger partial charge in [0.05, 0.1) is 18.0 Å². The summed E-state index contributed by atoms with van der Waals surface area (Å²) in [5, 5.41) is 0. The molecule has 0 aromatic heterocycles. The molecule has 0 N–H and O–H groups in total. The Morgan fingerprint density at radius 2 is 1.64 bits per heavy atom. The molecule has 1 aliphatic heterocycles. The summed E-state index contributed by atoms with van der Waals surface area (Å²) in [5.41, 5.74) is 1.75. The number of ether oxygens (including phenoxy) is 1. The van der Waals surface area contributed by atoms with Gasteiger partial charge in [0.2, 0.25) is 10.0 Å². The van der Waals surface area contributed by atoms with Gasteiger partial charge in [-0.1, -0.05) is 60.2 Å². The van der Waals surface area contributed by atoms with E-state index in [2.05, 4.69) is 0 Å². The Kier molecular flexibility index (Phi) is 4.74. The van der Waals surface area contributed by atoms with Crippen LogP contribution in [0.15, 0.2) is 71.6 Å². The molecule has 1 aliphatic rings. The van der Waals surface area contributed by atoms with E-state index in [-0.39, 0.29) is 4.90 Å². The smallest absolute Gasteiger partial charge is 0.328 e. The number of aryl methyl sites for hydroxylation is 1. The fourth-order valence-corrected chi connectivity index (χ4v) is 4.57. The predicted molar refractivity (Wildman–Crippen MR) is 94.3 cm³/mol. The van der Waals surface area contributed by atoms with Gasteiger partial charge in [-0.2, -0.15) is 4.31 Å². The van der Waals surface area contributed by atoms with Crippen LogP contribution >= 0.6 is 0 Å². The molecule has 130 valence electrons. The van der Waals surface area contributed by atoms with E-state index in [4.69, 9.17) is 4.74 Å². The molecule has 0 aliphatic carbocycles. The molecule has 2 aromatic rings. The van der Waals surface area contributed by atoms with E-state index in [1.807, 2.05) is 37.3 Å². The number of carbonyl (C=O) groups is 1. The van der Waals surface area contributed by atoms with Crippen molar-refractivity contribution >= 4 is 16.0 Å². The lowest BCUT2D eigenvalue weighted by Gasteiger charge is -2.28. The Hall–Kier alpha value is -2.44. The van der Waals surface area contributed by atoms with Crippen LogP contribution in [0.25, 0.3) is 0 Å². The second kappa shape index (κ2) is 6.82. The van der Waals surface area contributed by atoms with Crippen molar-refractivity contribution in [3.63, 3.8) is 0 Å². The number of benzene rings is 2. The Labute approximate surface area is 147 Å². The summed E-state index contributed by atoms with van der Waals surface area (Å²) < 4.78 is 32.5. The molecule has 25 heavy (non-hydrogen) atoms. The largest absolute Gasteiger partial charge is 0.468 e. The van der Waals surface area contributed by atoms with Crippen LogP contribution in [0.5, 0.6) is 0 Å². The third kappa shape index (κ3) is 3.23. The number of hydrogen-bond donors (Lipinski definition) is 0. The normalized spacial score (nSPS) is 20.6. The van der Waals surface area contributed by atoms with Gasteiger partial charge in [-0.15, -0.1) is 0 Å². The standard InChI is InChI=1S/C19H19NO4S/c1-14-8-10-16(11-9-14)25(22,23)20-17(15-6-4-3-5-7-15)12-13-18(20)19(21)24-2/h3-13,17-18H,1-2H3/t17-,18+/m1/s1. The fraction of sp³-hybridized carbons (Fsp3) is 0.211. The van der Waals surface area contributed by atoms with Gasteiger partial charge in [-0.3, -0.25) is 0 Å². The Bertz CT molecular complexity index is 889. The SMILES string of the molecule is COC(=O)[C@@H]1C=C[C@H](c2ccccc2)N1S(=O)(=O)c1ccc(C)cc1. The van der Waals surface area contributed by atoms with Crippen LogP contribution in [-0.2, 0) is 19.6 Å². The summed E-state index contributed by atoms with van der Waals surface area (Å²) in [6.07, 6.45) is 3.30. The quantitative estimate of drug-likeness (QED) is 0.623. The lowest BCUT2D eigenvalue weighted by molar-refractivity contribution is -0.143. The molecule has 2 atom stereocenters. The molecular weight excluding hydrogens is 338 g/mol. The maximum atomic E-state index is 13.2. The highest BCUT2D eigenvalue weighted by atomic mass is 32.2. The third-order valence-corrected chi connectivity index (χ3v) is 6.08. The number of sulfonamides is 1. The summed E-state index contributed by atoms with van der Waals surface area (Å²) in [6, 6.07) is 14.3. The van der Waals surface area contributed by atoms with Crippen molar-refractivity contribution in [3.8, 4) is 0 Å². The molecule has 2 aromatic carbocycles. The van der Waals surface area contributed by atoms with Crippen LogP contribution in [0.3, 0.4) is 0 Å². The third-order valence-electron chi connectivity index (χ3n) is 4.20. The number of esters is 1. The Morgan fingerprint density at radius 3 is 2.24 bits per heavy atom. The maximum absolute atomic E-state index is 13.2. The zero-order chi connectivity index (χ0) is 18.0. The average molecular weight is 357 g/mol. The van der Waals surface area contributed by atoms with Gasteiger partial charge in [0.15, 0.2) is 0 Å². The van der Waals surface area contributed by atoms with Crippen LogP contribution in [0.2, 0.25) is 0 Å². The van der Waals surface area contributed by atoms with E-state index in [1.165, 1.54) is 11.4 Å². The molecule has 0 saturated carbocycles. The van der Waals surface area contributed by atoms with Crippen molar-refractivity contribution in [1.82, 2.24) is 4.31 Å². The monoisotopic (exact) mass is 357 g/mol. The van der Waals surface area contributed by atoms with Gasteiger partial charge >= 0.3 is 5.97 Å². The molecule has 0 amide bonds. The van der Waals surface area contributed by atoms with E-state index >= 15 is 0 Å². The van der Waals surface area contributed by atoms with Crippen molar-refractivity contribution in [2.24, 2.45) is 0 Å². The predicted octanol–water partition coefficient (Wildman–Crippen LogP) is 2.84. The number of methoxy groups -OCH3 is 1. The van der Waals surface area contributed by atoms with Gasteiger partial charge in [-0.05, 0) is 24.6 Å². The number of nitrogens with zero attached hydrogens (tertiary/aromatic N) is 1. The van der Waals surface area contributed by atoms with E-state index < -0.39 is 28.1 Å². The molecule has 0 saturated heterocycles. The first-order chi connectivity index (χ1) is 11.9. The Balaban J connectivity index is 2.08. The first-order valence-electron chi connectivity index (χ1n) is 7.86. The maximum Gasteiger partial charge on any atom is 0.328 e. The van der Waals surface area contributed by atoms with E-state index in [0.717, 1.165) is 11.1 Å². The molecule has 6 heteroatoms. The summed E-state index contributed by atoms with van der Waals surface area (Å²) in [4.78, 5) is 12.3. The molecule has 3 rings (SSSR count). The lowest BCUT2D eigenvalue weighted by atomic mass is 10.1. The summed E-state index contributed by atoms with van der Waals surface area (Å²) in [5.74, 6) is -0.606. The molecule has 5 nitrogen and oxygen atoms in total. The molecule has 0 spiro atoms. The number of carbonyl (C=O) groups excluding carboxylic acids is 1. The van der Waals surface area contributed by atoms with Crippen LogP contribution in [0, 0.1) is 6.92 Å². The Morgan fingerprint density at radius 1 is 1.00 bits per heavy atom. The highest BCUT2D eigenvalue weighted by Gasteiger charge is 2.43. The van der Waals surface area contributed by atoms with Crippen molar-refractivity contribution in [3.05, 3.63) is 77.9 Å². The minimum Gasteiger partial charge on any atom is -0.468 e. The summed E-state index contributed by atoms with van der Waals surface area (Å²) in [6.45, 7) is 1.89. The molecular formula is C19H19NO4S. The number of rotatable bonds is 4. The van der Waals surface area contributed by atoms with Crippen LogP contribution in [-0.4, -0.2) is 31.8 Å². The van der Waals surface area contributed by atoms with Crippen molar-refractivity contribution < 1.29 is 17.9 Å². The highest BCUT2D eigenvalue weighted by Crippen LogP contribution is 2.36. The average Bonchev–Trinajstić information content (AvgIpc) is 3.08. The zero-order valence-electron chi connectivity index (χ0n) is 14.0. The van der Waals surface area contributed by atoms with E-state index in [9.17, 15) is 13.2 Å². The van der Waals surface area contributed by atoms with E-state index in [0.29, 0.717) is 0 Å². The van der Waals surface area contributed by atoms with Crippen LogP contribution in [0.4, 0.5) is 0 Å². The molecule has 1 heterocycles. The van der Waals surface area contributed by atoms with Gasteiger partial charge in [0.1, 0.15) is 6.04 Å². The number of hydrogen-bond acceptors (Lipinski definition) is 4. The molecule has 0 unspecified atom stereocenters. The minimum atomic E-state index is -3.89. The van der Waals surface area contributed by atoms with Crippen molar-refractivity contribution in [1.29, 1.82) is 0 Å². The molecule has 0 fully saturated rings. The summed E-state index contributed by atoms with van der Waals surface area (Å²) in [7, 11) is -2.63. The first-order valence-corrected chi connectivity index (χ1v) is 9.30. The van der Waals surface area contributed by atoms with Crippen LogP contribution < -0.4 is 0 Å². The van der Waals surface area contributed by atoms with Crippen LogP contribution in [0.1, 0.15) is 17.2 Å². The van der Waals surface area contributed by atoms with Gasteiger partial charge in [0.25, 0.3) is 0 Å². The van der Waals surface area contributed by atoms with Gasteiger partial charge in [-0.25, -0.2) is 13.2 Å². The fourth-order valence-electron chi connectivity index (χ4n) is 2.90. The highest BCUT2D eigenvalue weighted by molar-refractivity contribution is 7.89. The van der Waals surface area contributed by atoms with Gasteiger partial charge in [0, 0.05) is 0 Å². The van der Waals surface area contributed by atoms with Crippen molar-refractivity contribution in [2.75, 3.05) is 7.11 Å². The first kappa shape index (κ1) is 17.4. The zero-order valence-corrected chi connectivity index (χ0v) is 14.8. The second-order valence-electron chi connectivity index (χ2n) is 5.86. The molecule has 0 bridgehead atoms.